The number of halogens is 1. The van der Waals surface area contributed by atoms with Crippen LogP contribution in [0.2, 0.25) is 0 Å². The molecule has 2 bridgehead atoms. The molecule has 0 radical (unpaired) electrons. The lowest BCUT2D eigenvalue weighted by Crippen LogP contribution is -2.47. The van der Waals surface area contributed by atoms with Crippen molar-refractivity contribution in [3.8, 4) is 0 Å². The molecule has 1 amide bonds. The van der Waals surface area contributed by atoms with Gasteiger partial charge in [-0.1, -0.05) is 12.2 Å². The fraction of sp³-hybridized carbons (Fsp3) is 0.643. The topological polar surface area (TPSA) is 46.3 Å². The summed E-state index contributed by atoms with van der Waals surface area (Å²) in [5.74, 6) is 1.32. The molecule has 18 heavy (non-hydrogen) atoms. The summed E-state index contributed by atoms with van der Waals surface area (Å²) in [6, 6.07) is 0.0679. The van der Waals surface area contributed by atoms with Crippen LogP contribution in [0.3, 0.4) is 0 Å². The Kier molecular flexibility index (Phi) is 5.42. The van der Waals surface area contributed by atoms with Gasteiger partial charge in [-0.2, -0.15) is 0 Å². The molecule has 102 valence electrons. The van der Waals surface area contributed by atoms with Crippen LogP contribution in [-0.4, -0.2) is 29.9 Å². The largest absolute Gasteiger partial charge is 0.335 e. The predicted molar refractivity (Wildman–Crippen MR) is 76.5 cm³/mol. The highest BCUT2D eigenvalue weighted by Gasteiger charge is 2.49. The Balaban J connectivity index is 0.00000162. The molecular formula is C14H23ClN2O. The molecule has 2 aliphatic carbocycles. The summed E-state index contributed by atoms with van der Waals surface area (Å²) >= 11 is 0. The van der Waals surface area contributed by atoms with Gasteiger partial charge in [0.1, 0.15) is 0 Å². The lowest BCUT2D eigenvalue weighted by molar-refractivity contribution is -0.136. The molecule has 0 aliphatic heterocycles. The van der Waals surface area contributed by atoms with Crippen LogP contribution in [0.5, 0.6) is 0 Å². The summed E-state index contributed by atoms with van der Waals surface area (Å²) in [5, 5.41) is 0. The maximum absolute atomic E-state index is 12.5. The average molecular weight is 271 g/mol. The molecule has 4 atom stereocenters. The first-order chi connectivity index (χ1) is 8.19. The summed E-state index contributed by atoms with van der Waals surface area (Å²) in [6.07, 6.45) is 7.05. The minimum Gasteiger partial charge on any atom is -0.335 e. The number of nitrogens with two attached hydrogens (primary N) is 1. The molecule has 0 aromatic rings. The molecule has 0 heterocycles. The maximum atomic E-state index is 12.5. The average Bonchev–Trinajstić information content (AvgIpc) is 2.88. The molecule has 0 aromatic carbocycles. The molecule has 0 spiro atoms. The number of carbonyl (C=O) groups excluding carboxylic acids is 1. The second-order valence-electron chi connectivity index (χ2n) is 5.26. The fourth-order valence-electron chi connectivity index (χ4n) is 3.48. The molecule has 0 saturated heterocycles. The fourth-order valence-corrected chi connectivity index (χ4v) is 3.48. The van der Waals surface area contributed by atoms with E-state index in [-0.39, 0.29) is 30.3 Å². The number of carbonyl (C=O) groups is 1. The van der Waals surface area contributed by atoms with Gasteiger partial charge in [-0.15, -0.1) is 25.6 Å². The first-order valence-electron chi connectivity index (χ1n) is 6.45. The summed E-state index contributed by atoms with van der Waals surface area (Å²) in [4.78, 5) is 14.3. The molecule has 2 fully saturated rings. The number of hydrogen-bond donors (Lipinski definition) is 1. The molecule has 2 rings (SSSR count). The highest BCUT2D eigenvalue weighted by Crippen LogP contribution is 2.48. The molecule has 4 unspecified atom stereocenters. The van der Waals surface area contributed by atoms with Crippen molar-refractivity contribution in [3.63, 3.8) is 0 Å². The molecule has 2 saturated carbocycles. The van der Waals surface area contributed by atoms with Crippen molar-refractivity contribution in [2.24, 2.45) is 23.5 Å². The summed E-state index contributed by atoms with van der Waals surface area (Å²) in [7, 11) is 0. The van der Waals surface area contributed by atoms with Crippen molar-refractivity contribution in [3.05, 3.63) is 25.3 Å². The Bertz CT molecular complexity index is 320. The van der Waals surface area contributed by atoms with Gasteiger partial charge in [-0.05, 0) is 31.1 Å². The van der Waals surface area contributed by atoms with Crippen LogP contribution in [0.4, 0.5) is 0 Å². The lowest BCUT2D eigenvalue weighted by Gasteiger charge is -2.31. The van der Waals surface area contributed by atoms with Crippen LogP contribution in [-0.2, 0) is 4.79 Å². The van der Waals surface area contributed by atoms with E-state index in [2.05, 4.69) is 13.2 Å². The standard InChI is InChI=1S/C14H22N2O.ClH/c1-3-7-16(8-4-2)14(17)12-10-5-6-11(9-10)13(12)15;/h3-4,10-13H,1-2,5-9,15H2;1H. The van der Waals surface area contributed by atoms with Crippen molar-refractivity contribution in [2.75, 3.05) is 13.1 Å². The quantitative estimate of drug-likeness (QED) is 0.777. The maximum Gasteiger partial charge on any atom is 0.228 e. The number of fused-ring (bicyclic) bond motifs is 2. The number of nitrogens with zero attached hydrogens (tertiary/aromatic N) is 1. The first kappa shape index (κ1) is 15.3. The normalized spacial score (nSPS) is 32.7. The van der Waals surface area contributed by atoms with Crippen molar-refractivity contribution >= 4 is 18.3 Å². The van der Waals surface area contributed by atoms with Gasteiger partial charge < -0.3 is 10.6 Å². The van der Waals surface area contributed by atoms with Crippen molar-refractivity contribution in [1.29, 1.82) is 0 Å². The Hall–Kier alpha value is -0.800. The number of amides is 1. The minimum atomic E-state index is 0. The molecular weight excluding hydrogens is 248 g/mol. The predicted octanol–water partition coefficient (Wildman–Crippen LogP) is 1.98. The van der Waals surface area contributed by atoms with E-state index in [4.69, 9.17) is 5.73 Å². The van der Waals surface area contributed by atoms with Gasteiger partial charge in [-0.3, -0.25) is 4.79 Å². The van der Waals surface area contributed by atoms with Gasteiger partial charge in [0.15, 0.2) is 0 Å². The Morgan fingerprint density at radius 1 is 1.22 bits per heavy atom. The smallest absolute Gasteiger partial charge is 0.228 e. The Morgan fingerprint density at radius 3 is 2.22 bits per heavy atom. The monoisotopic (exact) mass is 270 g/mol. The first-order valence-corrected chi connectivity index (χ1v) is 6.45. The van der Waals surface area contributed by atoms with Crippen molar-refractivity contribution in [1.82, 2.24) is 4.90 Å². The van der Waals surface area contributed by atoms with Crippen LogP contribution < -0.4 is 5.73 Å². The van der Waals surface area contributed by atoms with Gasteiger partial charge >= 0.3 is 0 Å². The van der Waals surface area contributed by atoms with Crippen molar-refractivity contribution in [2.45, 2.75) is 25.3 Å². The summed E-state index contributed by atoms with van der Waals surface area (Å²) in [5.41, 5.74) is 6.20. The van der Waals surface area contributed by atoms with E-state index in [9.17, 15) is 4.79 Å². The van der Waals surface area contributed by atoms with Crippen LogP contribution in [0.25, 0.3) is 0 Å². The van der Waals surface area contributed by atoms with Gasteiger partial charge in [0.2, 0.25) is 5.91 Å². The van der Waals surface area contributed by atoms with Gasteiger partial charge in [0, 0.05) is 19.1 Å². The van der Waals surface area contributed by atoms with Crippen LogP contribution >= 0.6 is 12.4 Å². The second-order valence-corrected chi connectivity index (χ2v) is 5.26. The highest BCUT2D eigenvalue weighted by atomic mass is 35.5. The zero-order valence-electron chi connectivity index (χ0n) is 10.8. The molecule has 3 nitrogen and oxygen atoms in total. The third-order valence-corrected chi connectivity index (χ3v) is 4.28. The summed E-state index contributed by atoms with van der Waals surface area (Å²) in [6.45, 7) is 8.58. The third kappa shape index (κ3) is 2.62. The minimum absolute atomic E-state index is 0. The van der Waals surface area contributed by atoms with Gasteiger partial charge in [0.05, 0.1) is 5.92 Å². The van der Waals surface area contributed by atoms with E-state index < -0.39 is 0 Å². The Morgan fingerprint density at radius 2 is 1.78 bits per heavy atom. The van der Waals surface area contributed by atoms with E-state index in [1.54, 1.807) is 12.2 Å². The SMILES string of the molecule is C=CCN(CC=C)C(=O)C1C2CCC(C2)C1N.Cl. The third-order valence-electron chi connectivity index (χ3n) is 4.28. The molecule has 2 N–H and O–H groups in total. The Labute approximate surface area is 116 Å². The van der Waals surface area contributed by atoms with Gasteiger partial charge in [0.25, 0.3) is 0 Å². The highest BCUT2D eigenvalue weighted by molar-refractivity contribution is 5.85. The van der Waals surface area contributed by atoms with E-state index in [1.165, 1.54) is 12.8 Å². The lowest BCUT2D eigenvalue weighted by atomic mass is 9.84. The molecule has 4 heteroatoms. The van der Waals surface area contributed by atoms with E-state index in [0.29, 0.717) is 24.9 Å². The van der Waals surface area contributed by atoms with Crippen LogP contribution in [0.15, 0.2) is 25.3 Å². The van der Waals surface area contributed by atoms with Crippen LogP contribution in [0, 0.1) is 17.8 Å². The second kappa shape index (κ2) is 6.39. The van der Waals surface area contributed by atoms with E-state index in [0.717, 1.165) is 6.42 Å². The number of rotatable bonds is 5. The molecule has 0 aromatic heterocycles. The summed E-state index contributed by atoms with van der Waals surface area (Å²) < 4.78 is 0. The van der Waals surface area contributed by atoms with Gasteiger partial charge in [-0.25, -0.2) is 0 Å². The van der Waals surface area contributed by atoms with Crippen LogP contribution in [0.1, 0.15) is 19.3 Å². The van der Waals surface area contributed by atoms with E-state index in [1.807, 2.05) is 4.90 Å². The number of hydrogen-bond acceptors (Lipinski definition) is 2. The zero-order chi connectivity index (χ0) is 12.4. The van der Waals surface area contributed by atoms with E-state index >= 15 is 0 Å². The zero-order valence-corrected chi connectivity index (χ0v) is 11.6. The molecule has 2 aliphatic rings. The van der Waals surface area contributed by atoms with Crippen molar-refractivity contribution < 1.29 is 4.79 Å².